The Balaban J connectivity index is 0. The number of hydrogen-bond acceptors (Lipinski definition) is 4. The molecule has 0 radical (unpaired) electrons. The van der Waals surface area contributed by atoms with Gasteiger partial charge >= 0.3 is 0 Å². The molecule has 0 fully saturated rings. The van der Waals surface area contributed by atoms with Gasteiger partial charge in [0.2, 0.25) is 5.91 Å². The Morgan fingerprint density at radius 2 is 2.21 bits per heavy atom. The third kappa shape index (κ3) is 6.24. The maximum Gasteiger partial charge on any atom is 0.242 e. The third-order valence-electron chi connectivity index (χ3n) is 2.49. The van der Waals surface area contributed by atoms with E-state index in [1.165, 1.54) is 7.11 Å². The number of nitrogens with zero attached hydrogens (tertiary/aromatic N) is 3. The fourth-order valence-electron chi connectivity index (χ4n) is 1.60. The quantitative estimate of drug-likeness (QED) is 0.834. The Morgan fingerprint density at radius 3 is 2.63 bits per heavy atom. The van der Waals surface area contributed by atoms with Crippen molar-refractivity contribution in [3.05, 3.63) is 18.0 Å². The molecule has 112 valence electrons. The molecule has 1 atom stereocenters. The third-order valence-corrected chi connectivity index (χ3v) is 2.49. The van der Waals surface area contributed by atoms with Crippen LogP contribution in [-0.2, 0) is 23.1 Å². The van der Waals surface area contributed by atoms with Crippen molar-refractivity contribution in [2.45, 2.75) is 19.5 Å². The Labute approximate surface area is 126 Å². The fourth-order valence-corrected chi connectivity index (χ4v) is 1.60. The van der Waals surface area contributed by atoms with Crippen LogP contribution < -0.4 is 5.73 Å². The van der Waals surface area contributed by atoms with Gasteiger partial charge < -0.3 is 15.4 Å². The van der Waals surface area contributed by atoms with Crippen LogP contribution in [0.25, 0.3) is 0 Å². The highest BCUT2D eigenvalue weighted by Gasteiger charge is 2.20. The van der Waals surface area contributed by atoms with E-state index in [0.29, 0.717) is 13.1 Å². The summed E-state index contributed by atoms with van der Waals surface area (Å²) in [4.78, 5) is 13.7. The van der Waals surface area contributed by atoms with Crippen LogP contribution in [0.5, 0.6) is 0 Å². The van der Waals surface area contributed by atoms with Crippen LogP contribution in [0.4, 0.5) is 0 Å². The molecule has 19 heavy (non-hydrogen) atoms. The highest BCUT2D eigenvalue weighted by Crippen LogP contribution is 2.04. The topological polar surface area (TPSA) is 73.4 Å². The maximum atomic E-state index is 12.0. The second-order valence-electron chi connectivity index (χ2n) is 3.94. The van der Waals surface area contributed by atoms with E-state index in [-0.39, 0.29) is 37.3 Å². The van der Waals surface area contributed by atoms with Gasteiger partial charge in [-0.1, -0.05) is 0 Å². The molecule has 0 saturated heterocycles. The number of aromatic nitrogens is 2. The van der Waals surface area contributed by atoms with Gasteiger partial charge in [0.1, 0.15) is 6.04 Å². The molecule has 0 aliphatic rings. The maximum absolute atomic E-state index is 12.0. The van der Waals surface area contributed by atoms with Crippen LogP contribution >= 0.6 is 24.8 Å². The number of aryl methyl sites for hydroxylation is 1. The van der Waals surface area contributed by atoms with E-state index >= 15 is 0 Å². The molecule has 0 aromatic carbocycles. The molecule has 0 aliphatic heterocycles. The molecule has 1 amide bonds. The lowest BCUT2D eigenvalue weighted by atomic mass is 10.2. The zero-order valence-corrected chi connectivity index (χ0v) is 13.0. The molecule has 1 rings (SSSR count). The van der Waals surface area contributed by atoms with Crippen LogP contribution in [0.3, 0.4) is 0 Å². The Bertz CT molecular complexity index is 373. The first kappa shape index (κ1) is 20.5. The van der Waals surface area contributed by atoms with Gasteiger partial charge in [0.05, 0.1) is 12.8 Å². The second-order valence-corrected chi connectivity index (χ2v) is 3.94. The number of carbonyl (C=O) groups is 1. The summed E-state index contributed by atoms with van der Waals surface area (Å²) >= 11 is 0. The lowest BCUT2D eigenvalue weighted by Crippen LogP contribution is -2.45. The summed E-state index contributed by atoms with van der Waals surface area (Å²) in [5, 5.41) is 4.07. The molecular weight excluding hydrogens is 291 g/mol. The molecule has 0 spiro atoms. The van der Waals surface area contributed by atoms with Crippen molar-refractivity contribution in [3.63, 3.8) is 0 Å². The van der Waals surface area contributed by atoms with Crippen molar-refractivity contribution in [2.75, 3.05) is 20.3 Å². The number of ether oxygens (including phenoxy) is 1. The number of halogens is 2. The van der Waals surface area contributed by atoms with Crippen molar-refractivity contribution >= 4 is 30.7 Å². The van der Waals surface area contributed by atoms with E-state index in [1.807, 2.05) is 20.2 Å². The van der Waals surface area contributed by atoms with E-state index in [1.54, 1.807) is 15.8 Å². The average molecular weight is 313 g/mol. The number of rotatable bonds is 6. The standard InChI is InChI=1S/C11H20N4O2.2ClH/c1-4-15(11(16)10(12)8-17-3)7-9-5-13-14(2)6-9;;/h5-6,10H,4,7-8,12H2,1-3H3;2*1H. The minimum absolute atomic E-state index is 0. The number of hydrogen-bond donors (Lipinski definition) is 1. The molecule has 1 unspecified atom stereocenters. The van der Waals surface area contributed by atoms with E-state index in [2.05, 4.69) is 5.10 Å². The molecule has 0 bridgehead atoms. The summed E-state index contributed by atoms with van der Waals surface area (Å²) in [5.41, 5.74) is 6.72. The smallest absolute Gasteiger partial charge is 0.242 e. The number of methoxy groups -OCH3 is 1. The van der Waals surface area contributed by atoms with Gasteiger partial charge in [-0.2, -0.15) is 5.10 Å². The number of likely N-dealkylation sites (N-methyl/N-ethyl adjacent to an activating group) is 1. The molecule has 0 aliphatic carbocycles. The summed E-state index contributed by atoms with van der Waals surface area (Å²) in [7, 11) is 3.38. The predicted molar refractivity (Wildman–Crippen MR) is 78.6 cm³/mol. The van der Waals surface area contributed by atoms with Gasteiger partial charge in [-0.15, -0.1) is 24.8 Å². The van der Waals surface area contributed by atoms with E-state index in [9.17, 15) is 4.79 Å². The highest BCUT2D eigenvalue weighted by atomic mass is 35.5. The van der Waals surface area contributed by atoms with E-state index < -0.39 is 6.04 Å². The first-order valence-electron chi connectivity index (χ1n) is 5.59. The summed E-state index contributed by atoms with van der Waals surface area (Å²) < 4.78 is 6.60. The molecule has 8 heteroatoms. The number of amides is 1. The van der Waals surface area contributed by atoms with E-state index in [4.69, 9.17) is 10.5 Å². The predicted octanol–water partition coefficient (Wildman–Crippen LogP) is 0.586. The molecule has 1 aromatic rings. The first-order chi connectivity index (χ1) is 8.08. The van der Waals surface area contributed by atoms with E-state index in [0.717, 1.165) is 5.56 Å². The minimum atomic E-state index is -0.600. The second kappa shape index (κ2) is 10.0. The zero-order chi connectivity index (χ0) is 12.8. The van der Waals surface area contributed by atoms with Gasteiger partial charge in [-0.05, 0) is 6.92 Å². The van der Waals surface area contributed by atoms with Crippen LogP contribution in [0.2, 0.25) is 0 Å². The van der Waals surface area contributed by atoms with Gasteiger partial charge in [0.15, 0.2) is 0 Å². The average Bonchev–Trinajstić information content (AvgIpc) is 2.71. The lowest BCUT2D eigenvalue weighted by Gasteiger charge is -2.23. The minimum Gasteiger partial charge on any atom is -0.383 e. The van der Waals surface area contributed by atoms with Crippen molar-refractivity contribution in [1.29, 1.82) is 0 Å². The molecule has 1 aromatic heterocycles. The Morgan fingerprint density at radius 1 is 1.58 bits per heavy atom. The normalized spacial score (nSPS) is 11.2. The van der Waals surface area contributed by atoms with Crippen molar-refractivity contribution in [2.24, 2.45) is 12.8 Å². The van der Waals surface area contributed by atoms with Crippen LogP contribution in [-0.4, -0.2) is 46.9 Å². The summed E-state index contributed by atoms with van der Waals surface area (Å²) in [5.74, 6) is -0.0989. The van der Waals surface area contributed by atoms with Gasteiger partial charge in [0, 0.05) is 39.0 Å². The number of carbonyl (C=O) groups excluding carboxylic acids is 1. The van der Waals surface area contributed by atoms with Crippen molar-refractivity contribution < 1.29 is 9.53 Å². The summed E-state index contributed by atoms with van der Waals surface area (Å²) in [6.07, 6.45) is 3.63. The summed E-state index contributed by atoms with van der Waals surface area (Å²) in [6.45, 7) is 3.31. The highest BCUT2D eigenvalue weighted by molar-refractivity contribution is 5.85. The zero-order valence-electron chi connectivity index (χ0n) is 11.4. The molecule has 2 N–H and O–H groups in total. The Hall–Kier alpha value is -0.820. The molecular formula is C11H22Cl2N4O2. The monoisotopic (exact) mass is 312 g/mol. The SMILES string of the molecule is CCN(Cc1cnn(C)c1)C(=O)C(N)COC.Cl.Cl. The van der Waals surface area contributed by atoms with Gasteiger partial charge in [0.25, 0.3) is 0 Å². The molecule has 6 nitrogen and oxygen atoms in total. The lowest BCUT2D eigenvalue weighted by molar-refractivity contribution is -0.134. The van der Waals surface area contributed by atoms with Crippen LogP contribution in [0, 0.1) is 0 Å². The van der Waals surface area contributed by atoms with Crippen molar-refractivity contribution in [3.8, 4) is 0 Å². The van der Waals surface area contributed by atoms with Gasteiger partial charge in [-0.3, -0.25) is 9.48 Å². The molecule has 0 saturated carbocycles. The first-order valence-corrected chi connectivity index (χ1v) is 5.59. The molecule has 1 heterocycles. The fraction of sp³-hybridized carbons (Fsp3) is 0.636. The largest absolute Gasteiger partial charge is 0.383 e. The van der Waals surface area contributed by atoms with Crippen molar-refractivity contribution in [1.82, 2.24) is 14.7 Å². The Kier molecular flexibility index (Phi) is 10.8. The van der Waals surface area contributed by atoms with Crippen LogP contribution in [0.15, 0.2) is 12.4 Å². The van der Waals surface area contributed by atoms with Crippen LogP contribution in [0.1, 0.15) is 12.5 Å². The number of nitrogens with two attached hydrogens (primary N) is 1. The van der Waals surface area contributed by atoms with Gasteiger partial charge in [-0.25, -0.2) is 0 Å². The summed E-state index contributed by atoms with van der Waals surface area (Å²) in [6, 6.07) is -0.600.